The van der Waals surface area contributed by atoms with Crippen LogP contribution in [0.1, 0.15) is 92.3 Å². The number of hydrogen-bond donors (Lipinski definition) is 4. The summed E-state index contributed by atoms with van der Waals surface area (Å²) in [6, 6.07) is 33.2. The maximum absolute atomic E-state index is 15.5. The van der Waals surface area contributed by atoms with Crippen molar-refractivity contribution in [3.05, 3.63) is 155 Å². The van der Waals surface area contributed by atoms with Crippen LogP contribution in [0.5, 0.6) is 0 Å². The molecule has 4 aromatic carbocycles. The molecule has 4 aliphatic rings. The van der Waals surface area contributed by atoms with Crippen LogP contribution in [0.3, 0.4) is 0 Å². The highest BCUT2D eigenvalue weighted by atomic mass is 16.6. The van der Waals surface area contributed by atoms with E-state index in [1.54, 1.807) is 92.7 Å². The first-order valence-electron chi connectivity index (χ1n) is 22.9. The van der Waals surface area contributed by atoms with Crippen molar-refractivity contribution in [1.82, 2.24) is 5.32 Å². The van der Waals surface area contributed by atoms with Crippen LogP contribution in [0, 0.1) is 23.7 Å². The molecule has 364 valence electrons. The molecule has 1 heterocycles. The van der Waals surface area contributed by atoms with Gasteiger partial charge in [0.2, 0.25) is 0 Å². The van der Waals surface area contributed by atoms with Gasteiger partial charge in [0.25, 0.3) is 5.91 Å². The first kappa shape index (κ1) is 50.4. The minimum absolute atomic E-state index is 0.00289. The standard InChI is InChI=1S/C47H51NO14.C7H8/c1-25-31(60-43(56)36(52)35(28-16-10-7-11-17-28)48-41(54)29-18-12-8-13-19-29)23-47(57)40(61-42(55)30-20-14-9-15-21-30)38-45(6,32(51)22-33-46(38,24-58-33)62-27(3)50)39(53)37(59-26(2)49)34(25)44(47,4)5;1-7-5-3-2-4-6-7/h7-21,31-33,35-38,40,51-52,57H,22-24H2,1-6H3,(H,48,54);2-6H,1H3/t31-,32-,33+,35-,36+,37+,38-,40-,45+,46-,47+;/m0./s1. The molecule has 3 aliphatic carbocycles. The van der Waals surface area contributed by atoms with Gasteiger partial charge in [-0.2, -0.15) is 0 Å². The predicted molar refractivity (Wildman–Crippen MR) is 249 cm³/mol. The zero-order valence-corrected chi connectivity index (χ0v) is 39.6. The SMILES string of the molecule is CC(=O)O[C@H]1C(=O)[C@@]2(C)[C@H]([C@H](OC(=O)c3ccccc3)[C@]3(O)C[C@H](OC(=O)[C@H](O)[C@@H](NC(=O)c4ccccc4)c4ccccc4)C(C)=C1C3(C)C)[C@]1(OC(C)=O)CO[C@@H]1C[C@@H]2O.Cc1ccccc1. The van der Waals surface area contributed by atoms with E-state index in [9.17, 15) is 39.3 Å². The number of aliphatic hydroxyl groups excluding tert-OH is 2. The molecular formula is C54H59NO14. The fourth-order valence-corrected chi connectivity index (χ4v) is 10.7. The zero-order chi connectivity index (χ0) is 50.1. The molecule has 15 nitrogen and oxygen atoms in total. The van der Waals surface area contributed by atoms with Crippen molar-refractivity contribution in [3.63, 3.8) is 0 Å². The molecular weight excluding hydrogens is 887 g/mol. The van der Waals surface area contributed by atoms with Crippen LogP contribution in [0.4, 0.5) is 0 Å². The topological polar surface area (TPSA) is 221 Å². The van der Waals surface area contributed by atoms with Crippen LogP contribution in [-0.2, 0) is 42.9 Å². The van der Waals surface area contributed by atoms with E-state index in [0.29, 0.717) is 5.56 Å². The van der Waals surface area contributed by atoms with Gasteiger partial charge in [0.1, 0.15) is 23.9 Å². The molecule has 3 fully saturated rings. The molecule has 2 saturated carbocycles. The Hall–Kier alpha value is -6.52. The number of ketones is 1. The predicted octanol–water partition coefficient (Wildman–Crippen LogP) is 5.73. The van der Waals surface area contributed by atoms with Crippen molar-refractivity contribution in [2.24, 2.45) is 16.7 Å². The summed E-state index contributed by atoms with van der Waals surface area (Å²) in [5, 5.41) is 40.2. The number of carbonyl (C=O) groups is 6. The molecule has 0 unspecified atom stereocenters. The van der Waals surface area contributed by atoms with E-state index in [4.69, 9.17) is 23.7 Å². The Morgan fingerprint density at radius 3 is 1.81 bits per heavy atom. The molecule has 8 rings (SSSR count). The molecule has 4 aromatic rings. The van der Waals surface area contributed by atoms with E-state index >= 15 is 4.79 Å². The molecule has 0 radical (unpaired) electrons. The zero-order valence-electron chi connectivity index (χ0n) is 39.6. The number of esters is 4. The van der Waals surface area contributed by atoms with Gasteiger partial charge in [0.05, 0.1) is 35.6 Å². The number of Topliss-reactive ketones (excluding diaryl/α,β-unsaturated/α-hetero) is 1. The van der Waals surface area contributed by atoms with Crippen LogP contribution < -0.4 is 5.32 Å². The summed E-state index contributed by atoms with van der Waals surface area (Å²) in [5.74, 6) is -6.84. The van der Waals surface area contributed by atoms with E-state index in [1.165, 1.54) is 31.5 Å². The van der Waals surface area contributed by atoms with Gasteiger partial charge in [0.15, 0.2) is 23.6 Å². The average molecular weight is 946 g/mol. The van der Waals surface area contributed by atoms with Gasteiger partial charge in [-0.15, -0.1) is 0 Å². The Morgan fingerprint density at radius 2 is 1.30 bits per heavy atom. The molecule has 1 amide bonds. The average Bonchev–Trinajstić information content (AvgIpc) is 3.32. The van der Waals surface area contributed by atoms with Crippen molar-refractivity contribution < 1.29 is 67.8 Å². The summed E-state index contributed by atoms with van der Waals surface area (Å²) < 4.78 is 30.3. The number of carbonyl (C=O) groups excluding carboxylic acids is 6. The van der Waals surface area contributed by atoms with Crippen LogP contribution in [0.15, 0.2) is 132 Å². The number of rotatable bonds is 10. The Bertz CT molecular complexity index is 2590. The van der Waals surface area contributed by atoms with E-state index < -0.39 is 113 Å². The fourth-order valence-electron chi connectivity index (χ4n) is 10.7. The number of hydrogen-bond acceptors (Lipinski definition) is 14. The second kappa shape index (κ2) is 19.8. The van der Waals surface area contributed by atoms with Crippen LogP contribution in [-0.4, -0.2) is 105 Å². The normalized spacial score (nSPS) is 29.5. The van der Waals surface area contributed by atoms with Crippen molar-refractivity contribution >= 4 is 35.6 Å². The van der Waals surface area contributed by atoms with Crippen molar-refractivity contribution in [1.29, 1.82) is 0 Å². The van der Waals surface area contributed by atoms with Crippen molar-refractivity contribution in [2.45, 2.75) is 115 Å². The number of fused-ring (bicyclic) bond motifs is 5. The summed E-state index contributed by atoms with van der Waals surface area (Å²) >= 11 is 0. The molecule has 0 aromatic heterocycles. The summed E-state index contributed by atoms with van der Waals surface area (Å²) in [6.45, 7) is 10.1. The van der Waals surface area contributed by atoms with Gasteiger partial charge >= 0.3 is 23.9 Å². The summed E-state index contributed by atoms with van der Waals surface area (Å²) in [5.41, 5.74) is -5.70. The van der Waals surface area contributed by atoms with Gasteiger partial charge in [-0.1, -0.05) is 116 Å². The summed E-state index contributed by atoms with van der Waals surface area (Å²) in [4.78, 5) is 83.5. The number of ether oxygens (including phenoxy) is 5. The third-order valence-electron chi connectivity index (χ3n) is 14.4. The first-order valence-corrected chi connectivity index (χ1v) is 22.9. The van der Waals surface area contributed by atoms with Crippen molar-refractivity contribution in [2.75, 3.05) is 6.61 Å². The molecule has 4 N–H and O–H groups in total. The van der Waals surface area contributed by atoms with E-state index in [0.717, 1.165) is 13.8 Å². The second-order valence-corrected chi connectivity index (χ2v) is 19.0. The molecule has 1 aliphatic heterocycles. The second-order valence-electron chi connectivity index (χ2n) is 19.0. The lowest BCUT2D eigenvalue weighted by Gasteiger charge is -2.67. The highest BCUT2D eigenvalue weighted by molar-refractivity contribution is 5.96. The molecule has 1 saturated heterocycles. The van der Waals surface area contributed by atoms with Gasteiger partial charge in [-0.3, -0.25) is 19.2 Å². The van der Waals surface area contributed by atoms with Gasteiger partial charge in [-0.25, -0.2) is 9.59 Å². The van der Waals surface area contributed by atoms with Crippen LogP contribution in [0.2, 0.25) is 0 Å². The number of aryl methyl sites for hydroxylation is 1. The smallest absolute Gasteiger partial charge is 0.338 e. The molecule has 0 spiro atoms. The summed E-state index contributed by atoms with van der Waals surface area (Å²) in [6.07, 6.45) is -10.5. The van der Waals surface area contributed by atoms with Crippen LogP contribution in [0.25, 0.3) is 0 Å². The van der Waals surface area contributed by atoms with E-state index in [1.807, 2.05) is 18.2 Å². The third-order valence-corrected chi connectivity index (χ3v) is 14.4. The van der Waals surface area contributed by atoms with Gasteiger partial charge in [-0.05, 0) is 61.7 Å². The van der Waals surface area contributed by atoms with Crippen LogP contribution >= 0.6 is 0 Å². The quantitative estimate of drug-likeness (QED) is 0.0848. The minimum atomic E-state index is -2.39. The van der Waals surface area contributed by atoms with E-state index in [-0.39, 0.29) is 35.3 Å². The lowest BCUT2D eigenvalue weighted by atomic mass is 9.44. The Morgan fingerprint density at radius 1 is 0.754 bits per heavy atom. The maximum atomic E-state index is 15.5. The Labute approximate surface area is 400 Å². The third kappa shape index (κ3) is 9.36. The van der Waals surface area contributed by atoms with E-state index in [2.05, 4.69) is 24.4 Å². The fraction of sp³-hybridized carbons (Fsp3) is 0.407. The Balaban J connectivity index is 0.000000921. The van der Waals surface area contributed by atoms with Crippen molar-refractivity contribution in [3.8, 4) is 0 Å². The number of nitrogens with one attached hydrogen (secondary N) is 1. The summed E-state index contributed by atoms with van der Waals surface area (Å²) in [7, 11) is 0. The number of benzene rings is 4. The minimum Gasteiger partial charge on any atom is -0.456 e. The largest absolute Gasteiger partial charge is 0.456 e. The lowest BCUT2D eigenvalue weighted by molar-refractivity contribution is -0.346. The highest BCUT2D eigenvalue weighted by Crippen LogP contribution is 2.64. The monoisotopic (exact) mass is 945 g/mol. The van der Waals surface area contributed by atoms with Gasteiger partial charge in [0, 0.05) is 37.7 Å². The van der Waals surface area contributed by atoms with Gasteiger partial charge < -0.3 is 44.3 Å². The molecule has 2 bridgehead atoms. The number of amides is 1. The molecule has 11 atom stereocenters. The maximum Gasteiger partial charge on any atom is 0.338 e. The molecule has 69 heavy (non-hydrogen) atoms. The number of aliphatic hydroxyl groups is 3. The Kier molecular flexibility index (Phi) is 14.5. The highest BCUT2D eigenvalue weighted by Gasteiger charge is 2.78. The lowest BCUT2D eigenvalue weighted by Crippen LogP contribution is -2.82. The molecule has 15 heteroatoms. The first-order chi connectivity index (χ1) is 32.7.